The number of carbonyl (C=O) groups excluding carboxylic acids is 2. The van der Waals surface area contributed by atoms with Crippen molar-refractivity contribution >= 4 is 54.7 Å². The SMILES string of the molecule is CCC(CC)C(=O)C=C(O)C(CC)CC(F)(F)F.CCC(CC)C(=O)C=C(O)C(CC)CCF.[2H]c1cc2cc(C)ccc2c(-c2[c-]c(C)cc(C)c2)n1.[2H]c1cc2cc(C3CCCC3)ccc2c(-c2[c-]c(C)cc(C([2H])([2H])[2H])c2)n1.[2H]c1nc(-c2[c-]c(C([2H])([2H])[2H])cc(C)c2)c2ccc(C3CCCC3)cc2c1[2H].[2H]c1nc(-c2[c-]c(C)cc(C)c2)c2ccc(C)cc2c1[2H].[Ir].[Ir]. The van der Waals surface area contributed by atoms with Crippen LogP contribution in [-0.4, -0.2) is 54.6 Å². The van der Waals surface area contributed by atoms with Crippen molar-refractivity contribution in [1.29, 1.82) is 0 Å². The van der Waals surface area contributed by atoms with Gasteiger partial charge in [0.2, 0.25) is 0 Å². The summed E-state index contributed by atoms with van der Waals surface area (Å²) in [5.41, 5.74) is 17.0. The molecule has 8 nitrogen and oxygen atoms in total. The molecule has 2 unspecified atom stereocenters. The van der Waals surface area contributed by atoms with Gasteiger partial charge >= 0.3 is 6.18 Å². The van der Waals surface area contributed by atoms with Crippen LogP contribution < -0.4 is 0 Å². The molecule has 14 rings (SSSR count). The number of aliphatic hydroxyl groups is 2. The number of fused-ring (bicyclic) bond motifs is 4. The summed E-state index contributed by atoms with van der Waals surface area (Å²) in [5, 5.41) is 26.6. The number of alkyl halides is 4. The molecule has 0 amide bonds. The number of rotatable bonds is 21. The van der Waals surface area contributed by atoms with Crippen molar-refractivity contribution in [3.05, 3.63) is 285 Å². The molecule has 2 fully saturated rings. The molecule has 8 aromatic carbocycles. The Balaban J connectivity index is 0.000000218. The summed E-state index contributed by atoms with van der Waals surface area (Å²) >= 11 is 0. The second-order valence-electron chi connectivity index (χ2n) is 31.6. The number of aromatic nitrogens is 4. The molecule has 638 valence electrons. The van der Waals surface area contributed by atoms with Gasteiger partial charge in [0.1, 0.15) is 0 Å². The first-order valence-electron chi connectivity index (χ1n) is 47.6. The van der Waals surface area contributed by atoms with Crippen molar-refractivity contribution in [2.45, 2.75) is 231 Å². The van der Waals surface area contributed by atoms with Crippen LogP contribution in [0.2, 0.25) is 0 Å². The zero-order chi connectivity index (χ0) is 95.6. The molecule has 2 aliphatic carbocycles. The van der Waals surface area contributed by atoms with Crippen LogP contribution in [0, 0.1) is 117 Å². The van der Waals surface area contributed by atoms with Crippen LogP contribution in [0.5, 0.6) is 0 Å². The Morgan fingerprint density at radius 1 is 0.425 bits per heavy atom. The van der Waals surface area contributed by atoms with Crippen molar-refractivity contribution in [3.8, 4) is 45.0 Å². The standard InChI is InChI=1S/2C22H22N.2C18H16N.C13H21F3O2.C13H23FO2.2Ir/c2*1-15-11-16(2)13-20(12-15)22-21-8-7-18(17-5-3-4-6-17)14-19(21)9-10-23-22;2*1-12-4-5-17-15(9-12)6-7-19-18(17)16-10-13(2)8-14(3)11-16;1-4-9(5-2)11(17)7-12(18)10(6-3)8-13(14,15)16;1-4-10(5-2)12(15)9-13(16)11(6-3)7-8-14;;/h2*7-12,14,17H,3-6H2,1-2H3;2*4-10H,1-3H3;7,9-10,18H,4-6,8H2,1-3H3;9-11,16H,4-8H2,1-3H3;;/q4*-1;;;;/i2D3,9D,10D;1D3,10D;6D,7D;7D;;;;. The summed E-state index contributed by atoms with van der Waals surface area (Å²) in [6.07, 6.45) is 10.9. The van der Waals surface area contributed by atoms with Crippen molar-refractivity contribution in [3.63, 3.8) is 0 Å². The van der Waals surface area contributed by atoms with Gasteiger partial charge in [-0.15, -0.1) is 140 Å². The number of carbonyl (C=O) groups is 2. The number of aryl methyl sites for hydroxylation is 10. The number of nitrogens with zero attached hydrogens (tertiary/aromatic N) is 4. The second kappa shape index (κ2) is 47.3. The van der Waals surface area contributed by atoms with E-state index in [-0.39, 0.29) is 130 Å². The molecule has 12 aromatic rings. The summed E-state index contributed by atoms with van der Waals surface area (Å²) in [6.45, 7) is 22.0. The van der Waals surface area contributed by atoms with Gasteiger partial charge in [-0.1, -0.05) is 206 Å². The number of ketones is 2. The number of pyridine rings is 4. The van der Waals surface area contributed by atoms with Gasteiger partial charge in [0.05, 0.1) is 32.8 Å². The van der Waals surface area contributed by atoms with E-state index in [0.29, 0.717) is 65.2 Å². The minimum absolute atomic E-state index is 0. The number of benzene rings is 8. The first kappa shape index (κ1) is 80.6. The number of halogens is 4. The van der Waals surface area contributed by atoms with Crippen LogP contribution in [0.15, 0.2) is 194 Å². The van der Waals surface area contributed by atoms with Gasteiger partial charge in [-0.05, 0) is 198 Å². The van der Waals surface area contributed by atoms with Crippen LogP contribution in [0.25, 0.3) is 88.1 Å². The fourth-order valence-corrected chi connectivity index (χ4v) is 15.8. The van der Waals surface area contributed by atoms with E-state index in [2.05, 4.69) is 119 Å². The number of hydrogen-bond acceptors (Lipinski definition) is 8. The van der Waals surface area contributed by atoms with Gasteiger partial charge in [-0.3, -0.25) is 14.0 Å². The Hall–Kier alpha value is -9.16. The van der Waals surface area contributed by atoms with E-state index >= 15 is 0 Å². The zero-order valence-corrected chi connectivity index (χ0v) is 76.3. The Morgan fingerprint density at radius 3 is 1.15 bits per heavy atom. The van der Waals surface area contributed by atoms with E-state index in [9.17, 15) is 37.4 Å². The first-order chi connectivity index (χ1) is 61.4. The molecule has 2 aliphatic rings. The van der Waals surface area contributed by atoms with E-state index < -0.39 is 44.7 Å². The molecule has 2 radical (unpaired) electrons. The molecule has 0 saturated heterocycles. The van der Waals surface area contributed by atoms with E-state index in [1.165, 1.54) is 66.9 Å². The summed E-state index contributed by atoms with van der Waals surface area (Å²) in [7, 11) is 0. The van der Waals surface area contributed by atoms with Crippen LogP contribution in [0.3, 0.4) is 0 Å². The predicted octanol–water partition coefficient (Wildman–Crippen LogP) is 29.4. The van der Waals surface area contributed by atoms with E-state index in [0.717, 1.165) is 125 Å². The van der Waals surface area contributed by atoms with Gasteiger partial charge in [0, 0.05) is 109 Å². The third-order valence-electron chi connectivity index (χ3n) is 22.1. The van der Waals surface area contributed by atoms with Gasteiger partial charge < -0.3 is 30.1 Å². The van der Waals surface area contributed by atoms with E-state index in [4.69, 9.17) is 16.4 Å². The fraction of sp³-hybridized carbons (Fsp3) is 0.377. The summed E-state index contributed by atoms with van der Waals surface area (Å²) in [5.74, 6) is -1.12. The van der Waals surface area contributed by atoms with Crippen molar-refractivity contribution < 1.29 is 94.0 Å². The Kier molecular flexibility index (Phi) is 31.8. The summed E-state index contributed by atoms with van der Waals surface area (Å²) in [6, 6.07) is 56.4. The van der Waals surface area contributed by atoms with E-state index in [1.807, 2.05) is 125 Å². The second-order valence-corrected chi connectivity index (χ2v) is 31.6. The molecule has 0 spiro atoms. The quantitative estimate of drug-likeness (QED) is 0.0315. The maximum Gasteiger partial charge on any atom is 0.389 e. The molecule has 4 aromatic heterocycles. The van der Waals surface area contributed by atoms with Crippen molar-refractivity contribution in [2.75, 3.05) is 6.67 Å². The minimum Gasteiger partial charge on any atom is -0.512 e. The summed E-state index contributed by atoms with van der Waals surface area (Å²) in [4.78, 5) is 40.9. The predicted molar refractivity (Wildman–Crippen MR) is 482 cm³/mol. The maximum absolute atomic E-state index is 12.3. The van der Waals surface area contributed by atoms with Crippen LogP contribution in [0.1, 0.15) is 239 Å². The third kappa shape index (κ3) is 27.9. The average Bonchev–Trinajstić information content (AvgIpc) is 0.852. The van der Waals surface area contributed by atoms with Gasteiger partial charge in [0.25, 0.3) is 0 Å². The van der Waals surface area contributed by atoms with E-state index in [1.54, 1.807) is 31.2 Å². The zero-order valence-electron chi connectivity index (χ0n) is 83.5. The first-order valence-corrected chi connectivity index (χ1v) is 41.6. The number of aliphatic hydroxyl groups excluding tert-OH is 2. The van der Waals surface area contributed by atoms with Crippen LogP contribution >= 0.6 is 0 Å². The average molecular weight is 1990 g/mol. The molecule has 0 aliphatic heterocycles. The molecule has 120 heavy (non-hydrogen) atoms. The molecule has 4 heterocycles. The molecular weight excluding hydrogens is 1850 g/mol. The van der Waals surface area contributed by atoms with Crippen molar-refractivity contribution in [2.24, 2.45) is 23.7 Å². The van der Waals surface area contributed by atoms with Gasteiger partial charge in [0.15, 0.2) is 11.6 Å². The third-order valence-corrected chi connectivity index (χ3v) is 22.1. The fourth-order valence-electron chi connectivity index (χ4n) is 15.8. The largest absolute Gasteiger partial charge is 0.512 e. The molecule has 2 atom stereocenters. The monoisotopic (exact) mass is 1990 g/mol. The molecule has 2 N–H and O–H groups in total. The smallest absolute Gasteiger partial charge is 0.389 e. The topological polar surface area (TPSA) is 126 Å². The summed E-state index contributed by atoms with van der Waals surface area (Å²) < 4.78 is 144. The van der Waals surface area contributed by atoms with Crippen molar-refractivity contribution in [1.82, 2.24) is 19.9 Å². The normalized spacial score (nSPS) is 15.1. The number of allylic oxidation sites excluding steroid dienone is 4. The number of hydrogen-bond donors (Lipinski definition) is 2. The molecule has 14 heteroatoms. The Bertz CT molecular complexity index is 6020. The Labute approximate surface area is 755 Å². The maximum atomic E-state index is 12.3. The minimum atomic E-state index is -4.33. The Morgan fingerprint density at radius 2 is 0.758 bits per heavy atom. The van der Waals surface area contributed by atoms with Crippen LogP contribution in [0.4, 0.5) is 17.6 Å². The van der Waals surface area contributed by atoms with Crippen LogP contribution in [-0.2, 0) is 49.8 Å². The van der Waals surface area contributed by atoms with Gasteiger partial charge in [-0.2, -0.15) is 13.2 Å². The van der Waals surface area contributed by atoms with Gasteiger partial charge in [-0.25, -0.2) is 0 Å². The molecular formula is C106H120F4Ir2N4O4-4. The molecule has 0 bridgehead atoms. The molecule has 2 saturated carbocycles.